The van der Waals surface area contributed by atoms with Crippen LogP contribution in [0.2, 0.25) is 0 Å². The highest BCUT2D eigenvalue weighted by atomic mass is 32.2. The summed E-state index contributed by atoms with van der Waals surface area (Å²) in [5, 5.41) is 11.0. The van der Waals surface area contributed by atoms with Crippen molar-refractivity contribution in [2.75, 3.05) is 13.1 Å². The Morgan fingerprint density at radius 2 is 1.83 bits per heavy atom. The molecule has 0 bridgehead atoms. The molecule has 1 aliphatic carbocycles. The fraction of sp³-hybridized carbons (Fsp3) is 0.917. The van der Waals surface area contributed by atoms with Crippen molar-refractivity contribution in [1.29, 1.82) is 5.26 Å². The Morgan fingerprint density at radius 1 is 1.22 bits per heavy atom. The molecule has 2 N–H and O–H groups in total. The third kappa shape index (κ3) is 5.34. The maximum absolute atomic E-state index is 11.5. The Labute approximate surface area is 110 Å². The zero-order valence-corrected chi connectivity index (χ0v) is 11.8. The molecule has 5 nitrogen and oxygen atoms in total. The fourth-order valence-corrected chi connectivity index (χ4v) is 2.92. The summed E-state index contributed by atoms with van der Waals surface area (Å²) in [6.45, 7) is 2.37. The van der Waals surface area contributed by atoms with Gasteiger partial charge in [0.2, 0.25) is 10.0 Å². The van der Waals surface area contributed by atoms with E-state index in [0.717, 1.165) is 0 Å². The Hall–Kier alpha value is -0.640. The lowest BCUT2D eigenvalue weighted by atomic mass is 10.1. The third-order valence-corrected chi connectivity index (χ3v) is 5.01. The van der Waals surface area contributed by atoms with Crippen LogP contribution in [0.3, 0.4) is 0 Å². The van der Waals surface area contributed by atoms with Crippen LogP contribution in [0.1, 0.15) is 45.4 Å². The molecule has 6 heteroatoms. The average molecular weight is 273 g/mol. The highest BCUT2D eigenvalue weighted by Crippen LogP contribution is 2.16. The molecule has 1 unspecified atom stereocenters. The molecule has 1 saturated carbocycles. The molecule has 0 spiro atoms. The van der Waals surface area contributed by atoms with Crippen molar-refractivity contribution in [2.45, 2.75) is 56.7 Å². The predicted molar refractivity (Wildman–Crippen MR) is 71.5 cm³/mol. The van der Waals surface area contributed by atoms with Gasteiger partial charge in [0.1, 0.15) is 0 Å². The maximum Gasteiger partial charge on any atom is 0.227 e. The van der Waals surface area contributed by atoms with E-state index in [4.69, 9.17) is 5.26 Å². The van der Waals surface area contributed by atoms with Gasteiger partial charge in [-0.2, -0.15) is 5.26 Å². The van der Waals surface area contributed by atoms with Crippen molar-refractivity contribution in [3.63, 3.8) is 0 Å². The van der Waals surface area contributed by atoms with Crippen molar-refractivity contribution >= 4 is 10.0 Å². The van der Waals surface area contributed by atoms with Crippen LogP contribution in [0.4, 0.5) is 0 Å². The van der Waals surface area contributed by atoms with Crippen LogP contribution in [0.5, 0.6) is 0 Å². The lowest BCUT2D eigenvalue weighted by Gasteiger charge is -2.16. The van der Waals surface area contributed by atoms with Gasteiger partial charge < -0.3 is 5.32 Å². The predicted octanol–water partition coefficient (Wildman–Crippen LogP) is 1.13. The van der Waals surface area contributed by atoms with Crippen molar-refractivity contribution in [2.24, 2.45) is 0 Å². The van der Waals surface area contributed by atoms with Crippen molar-refractivity contribution < 1.29 is 8.42 Å². The smallest absolute Gasteiger partial charge is 0.227 e. The molecule has 0 aromatic heterocycles. The molecule has 1 aliphatic rings. The van der Waals surface area contributed by atoms with Gasteiger partial charge in [-0.15, -0.1) is 0 Å². The largest absolute Gasteiger partial charge is 0.313 e. The molecular weight excluding hydrogens is 250 g/mol. The van der Waals surface area contributed by atoms with Crippen LogP contribution in [0.25, 0.3) is 0 Å². The van der Waals surface area contributed by atoms with Gasteiger partial charge >= 0.3 is 0 Å². The fourth-order valence-electron chi connectivity index (χ4n) is 2.15. The van der Waals surface area contributed by atoms with Gasteiger partial charge in [-0.3, -0.25) is 0 Å². The summed E-state index contributed by atoms with van der Waals surface area (Å²) >= 11 is 0. The first-order valence-corrected chi connectivity index (χ1v) is 8.22. The summed E-state index contributed by atoms with van der Waals surface area (Å²) in [5.74, 6) is 0. The zero-order chi connectivity index (χ0) is 13.4. The molecule has 0 aliphatic heterocycles. The molecule has 0 radical (unpaired) electrons. The second kappa shape index (κ2) is 7.72. The van der Waals surface area contributed by atoms with Crippen LogP contribution in [-0.4, -0.2) is 32.8 Å². The van der Waals surface area contributed by atoms with E-state index in [-0.39, 0.29) is 0 Å². The van der Waals surface area contributed by atoms with E-state index in [1.54, 1.807) is 6.07 Å². The zero-order valence-electron chi connectivity index (χ0n) is 11.0. The number of rotatable bonds is 6. The summed E-state index contributed by atoms with van der Waals surface area (Å²) in [4.78, 5) is 0. The molecule has 18 heavy (non-hydrogen) atoms. The number of nitriles is 1. The van der Waals surface area contributed by atoms with Gasteiger partial charge in [0.15, 0.2) is 5.25 Å². The SMILES string of the molecule is CC(C#N)S(=O)(=O)NCCNC1CCCCCC1. The maximum atomic E-state index is 11.5. The van der Waals surface area contributed by atoms with Crippen LogP contribution >= 0.6 is 0 Å². The summed E-state index contributed by atoms with van der Waals surface area (Å²) in [6.07, 6.45) is 7.50. The van der Waals surface area contributed by atoms with Crippen molar-refractivity contribution in [1.82, 2.24) is 10.0 Å². The Balaban J connectivity index is 2.20. The normalized spacial score (nSPS) is 20.0. The summed E-state index contributed by atoms with van der Waals surface area (Å²) in [7, 11) is -3.47. The van der Waals surface area contributed by atoms with Crippen LogP contribution in [0, 0.1) is 11.3 Å². The molecule has 0 heterocycles. The number of nitrogens with zero attached hydrogens (tertiary/aromatic N) is 1. The minimum absolute atomic E-state index is 0.352. The van der Waals surface area contributed by atoms with Crippen molar-refractivity contribution in [3.8, 4) is 6.07 Å². The molecule has 1 fully saturated rings. The second-order valence-corrected chi connectivity index (χ2v) is 6.94. The highest BCUT2D eigenvalue weighted by Gasteiger charge is 2.19. The van der Waals surface area contributed by atoms with Crippen molar-refractivity contribution in [3.05, 3.63) is 0 Å². The number of sulfonamides is 1. The molecule has 1 atom stereocenters. The highest BCUT2D eigenvalue weighted by molar-refractivity contribution is 7.90. The Kier molecular flexibility index (Phi) is 6.61. The number of nitrogens with one attached hydrogen (secondary N) is 2. The summed E-state index contributed by atoms with van der Waals surface area (Å²) in [5.41, 5.74) is 0. The van der Waals surface area contributed by atoms with Gasteiger partial charge in [-0.1, -0.05) is 25.7 Å². The van der Waals surface area contributed by atoms with Gasteiger partial charge in [0.05, 0.1) is 6.07 Å². The van der Waals surface area contributed by atoms with Gasteiger partial charge in [-0.05, 0) is 19.8 Å². The first-order valence-electron chi connectivity index (χ1n) is 6.68. The standard InChI is InChI=1S/C12H23N3O2S/c1-11(10-13)18(16,17)15-9-8-14-12-6-4-2-3-5-7-12/h11-12,14-15H,2-9H2,1H3. The van der Waals surface area contributed by atoms with E-state index in [9.17, 15) is 8.42 Å². The third-order valence-electron chi connectivity index (χ3n) is 3.36. The van der Waals surface area contributed by atoms with E-state index < -0.39 is 15.3 Å². The molecule has 0 aromatic carbocycles. The molecule has 0 saturated heterocycles. The lowest BCUT2D eigenvalue weighted by molar-refractivity contribution is 0.461. The second-order valence-electron chi connectivity index (χ2n) is 4.85. The summed E-state index contributed by atoms with van der Waals surface area (Å²) in [6, 6.07) is 2.25. The quantitative estimate of drug-likeness (QED) is 0.561. The van der Waals surface area contributed by atoms with Crippen LogP contribution in [0.15, 0.2) is 0 Å². The average Bonchev–Trinajstić information content (AvgIpc) is 2.62. The van der Waals surface area contributed by atoms with E-state index in [1.807, 2.05) is 0 Å². The molecule has 1 rings (SSSR count). The molecule has 104 valence electrons. The Morgan fingerprint density at radius 3 is 2.39 bits per heavy atom. The monoisotopic (exact) mass is 273 g/mol. The van der Waals surface area contributed by atoms with E-state index in [0.29, 0.717) is 19.1 Å². The van der Waals surface area contributed by atoms with E-state index in [1.165, 1.54) is 45.4 Å². The van der Waals surface area contributed by atoms with Gasteiger partial charge in [-0.25, -0.2) is 13.1 Å². The van der Waals surface area contributed by atoms with Gasteiger partial charge in [0, 0.05) is 19.1 Å². The topological polar surface area (TPSA) is 82.0 Å². The molecule has 0 amide bonds. The van der Waals surface area contributed by atoms with Crippen LogP contribution < -0.4 is 10.0 Å². The van der Waals surface area contributed by atoms with E-state index in [2.05, 4.69) is 10.0 Å². The minimum atomic E-state index is -3.47. The van der Waals surface area contributed by atoms with E-state index >= 15 is 0 Å². The number of hydrogen-bond donors (Lipinski definition) is 2. The molecule has 0 aromatic rings. The Bertz CT molecular complexity index is 367. The summed E-state index contributed by atoms with van der Waals surface area (Å²) < 4.78 is 25.5. The molecular formula is C12H23N3O2S. The van der Waals surface area contributed by atoms with Crippen LogP contribution in [-0.2, 0) is 10.0 Å². The van der Waals surface area contributed by atoms with Gasteiger partial charge in [0.25, 0.3) is 0 Å². The first kappa shape index (κ1) is 15.4. The lowest BCUT2D eigenvalue weighted by Crippen LogP contribution is -2.39. The minimum Gasteiger partial charge on any atom is -0.313 e. The number of hydrogen-bond acceptors (Lipinski definition) is 4. The first-order chi connectivity index (χ1) is 8.56.